The number of nitrogens with zero attached hydrogens (tertiary/aromatic N) is 1. The lowest BCUT2D eigenvalue weighted by Crippen LogP contribution is -1.96. The maximum atomic E-state index is 4.44. The summed E-state index contributed by atoms with van der Waals surface area (Å²) in [7, 11) is 0. The van der Waals surface area contributed by atoms with E-state index in [0.717, 1.165) is 5.82 Å². The van der Waals surface area contributed by atoms with Gasteiger partial charge in [0, 0.05) is 11.9 Å². The lowest BCUT2D eigenvalue weighted by Gasteiger charge is -2.09. The summed E-state index contributed by atoms with van der Waals surface area (Å²) in [6, 6.07) is 12.8. The molecule has 0 saturated heterocycles. The standard InChI is InChI=1S/C14H12N2/c1-2-6-13-9(4-1)11-8-12(11)10-5-3-7-15-14(10)16-13/h1-7,11-12H,8H2,(H,15,16)/t11-,12+/m0/s1. The van der Waals surface area contributed by atoms with E-state index in [-0.39, 0.29) is 0 Å². The lowest BCUT2D eigenvalue weighted by atomic mass is 10.1. The molecule has 0 radical (unpaired) electrons. The third kappa shape index (κ3) is 1.04. The first-order chi connectivity index (χ1) is 7.93. The summed E-state index contributed by atoms with van der Waals surface area (Å²) in [6.07, 6.45) is 3.13. The third-order valence-corrected chi connectivity index (χ3v) is 3.64. The van der Waals surface area contributed by atoms with Crippen molar-refractivity contribution in [3.05, 3.63) is 53.7 Å². The first-order valence-electron chi connectivity index (χ1n) is 5.74. The van der Waals surface area contributed by atoms with Gasteiger partial charge in [-0.3, -0.25) is 0 Å². The first kappa shape index (κ1) is 8.34. The Labute approximate surface area is 94.3 Å². The van der Waals surface area contributed by atoms with Crippen molar-refractivity contribution >= 4 is 11.5 Å². The molecule has 1 saturated carbocycles. The van der Waals surface area contributed by atoms with Gasteiger partial charge in [-0.15, -0.1) is 0 Å². The largest absolute Gasteiger partial charge is 0.340 e. The fourth-order valence-electron chi connectivity index (χ4n) is 2.77. The number of aromatic nitrogens is 1. The van der Waals surface area contributed by atoms with Gasteiger partial charge in [0.15, 0.2) is 0 Å². The monoisotopic (exact) mass is 208 g/mol. The van der Waals surface area contributed by atoms with Gasteiger partial charge in [0.05, 0.1) is 0 Å². The van der Waals surface area contributed by atoms with E-state index in [4.69, 9.17) is 0 Å². The van der Waals surface area contributed by atoms with Gasteiger partial charge in [-0.05, 0) is 41.5 Å². The number of rotatable bonds is 0. The average molecular weight is 208 g/mol. The molecule has 2 nitrogen and oxygen atoms in total. The van der Waals surface area contributed by atoms with Crippen LogP contribution in [0, 0.1) is 0 Å². The molecule has 1 aliphatic carbocycles. The van der Waals surface area contributed by atoms with Crippen LogP contribution in [0.15, 0.2) is 42.6 Å². The highest BCUT2D eigenvalue weighted by atomic mass is 15.0. The van der Waals surface area contributed by atoms with Crippen LogP contribution in [-0.2, 0) is 0 Å². The van der Waals surface area contributed by atoms with E-state index >= 15 is 0 Å². The fourth-order valence-corrected chi connectivity index (χ4v) is 2.77. The van der Waals surface area contributed by atoms with Crippen molar-refractivity contribution in [1.29, 1.82) is 0 Å². The number of pyridine rings is 1. The van der Waals surface area contributed by atoms with Gasteiger partial charge in [0.1, 0.15) is 5.82 Å². The Morgan fingerprint density at radius 2 is 1.81 bits per heavy atom. The molecule has 1 N–H and O–H groups in total. The zero-order valence-electron chi connectivity index (χ0n) is 8.85. The Balaban J connectivity index is 1.94. The highest BCUT2D eigenvalue weighted by Gasteiger charge is 2.43. The SMILES string of the molecule is c1ccc2c(c1)Nc1ncccc1[C@H]1C[C@@H]21. The Morgan fingerprint density at radius 3 is 2.81 bits per heavy atom. The summed E-state index contributed by atoms with van der Waals surface area (Å²) in [4.78, 5) is 4.44. The number of hydrogen-bond donors (Lipinski definition) is 1. The van der Waals surface area contributed by atoms with Crippen LogP contribution >= 0.6 is 0 Å². The van der Waals surface area contributed by atoms with Gasteiger partial charge >= 0.3 is 0 Å². The quantitative estimate of drug-likeness (QED) is 0.717. The van der Waals surface area contributed by atoms with Crippen LogP contribution in [0.5, 0.6) is 0 Å². The predicted octanol–water partition coefficient (Wildman–Crippen LogP) is 3.41. The molecule has 1 aromatic carbocycles. The van der Waals surface area contributed by atoms with E-state index in [2.05, 4.69) is 40.6 Å². The van der Waals surface area contributed by atoms with Gasteiger partial charge in [0.2, 0.25) is 0 Å². The van der Waals surface area contributed by atoms with Crippen molar-refractivity contribution in [3.63, 3.8) is 0 Å². The Hall–Kier alpha value is -1.83. The molecule has 0 spiro atoms. The molecule has 4 rings (SSSR count). The Morgan fingerprint density at radius 1 is 1.00 bits per heavy atom. The van der Waals surface area contributed by atoms with E-state index in [1.165, 1.54) is 23.2 Å². The third-order valence-electron chi connectivity index (χ3n) is 3.64. The molecule has 2 heteroatoms. The normalized spacial score (nSPS) is 24.5. The molecule has 1 aromatic heterocycles. The number of fused-ring (bicyclic) bond motifs is 5. The zero-order valence-corrected chi connectivity index (χ0v) is 8.85. The second-order valence-corrected chi connectivity index (χ2v) is 4.60. The van der Waals surface area contributed by atoms with Crippen LogP contribution < -0.4 is 5.32 Å². The summed E-state index contributed by atoms with van der Waals surface area (Å²) in [5.41, 5.74) is 4.06. The molecule has 0 bridgehead atoms. The minimum absolute atomic E-state index is 0.680. The van der Waals surface area contributed by atoms with Gasteiger partial charge in [-0.2, -0.15) is 0 Å². The number of para-hydroxylation sites is 1. The fraction of sp³-hybridized carbons (Fsp3) is 0.214. The molecule has 0 amide bonds. The molecule has 0 unspecified atom stereocenters. The van der Waals surface area contributed by atoms with Gasteiger partial charge in [0.25, 0.3) is 0 Å². The lowest BCUT2D eigenvalue weighted by molar-refractivity contribution is 1.04. The molecule has 1 aliphatic heterocycles. The zero-order chi connectivity index (χ0) is 10.5. The summed E-state index contributed by atoms with van der Waals surface area (Å²) < 4.78 is 0. The van der Waals surface area contributed by atoms with Crippen LogP contribution in [0.1, 0.15) is 29.4 Å². The van der Waals surface area contributed by atoms with Crippen molar-refractivity contribution in [2.24, 2.45) is 0 Å². The molecule has 2 atom stereocenters. The molecule has 78 valence electrons. The maximum absolute atomic E-state index is 4.44. The number of nitrogens with one attached hydrogen (secondary N) is 1. The van der Waals surface area contributed by atoms with Crippen molar-refractivity contribution in [1.82, 2.24) is 4.98 Å². The molecule has 2 aromatic rings. The number of benzene rings is 1. The van der Waals surface area contributed by atoms with Gasteiger partial charge < -0.3 is 5.32 Å². The highest BCUT2D eigenvalue weighted by Crippen LogP contribution is 2.59. The smallest absolute Gasteiger partial charge is 0.133 e. The second kappa shape index (κ2) is 2.85. The Kier molecular flexibility index (Phi) is 1.48. The highest BCUT2D eigenvalue weighted by molar-refractivity contribution is 5.69. The van der Waals surface area contributed by atoms with Crippen LogP contribution in [0.2, 0.25) is 0 Å². The second-order valence-electron chi connectivity index (χ2n) is 4.60. The molecule has 16 heavy (non-hydrogen) atoms. The summed E-state index contributed by atoms with van der Waals surface area (Å²) in [6.45, 7) is 0. The maximum Gasteiger partial charge on any atom is 0.133 e. The topological polar surface area (TPSA) is 24.9 Å². The predicted molar refractivity (Wildman–Crippen MR) is 64.1 cm³/mol. The summed E-state index contributed by atoms with van der Waals surface area (Å²) >= 11 is 0. The van der Waals surface area contributed by atoms with E-state index in [0.29, 0.717) is 11.8 Å². The van der Waals surface area contributed by atoms with Crippen LogP contribution in [0.4, 0.5) is 11.5 Å². The Bertz CT molecular complexity index is 513. The van der Waals surface area contributed by atoms with Crippen molar-refractivity contribution in [3.8, 4) is 0 Å². The molecule has 2 aliphatic rings. The molecule has 2 heterocycles. The molecule has 1 fully saturated rings. The van der Waals surface area contributed by atoms with Crippen molar-refractivity contribution < 1.29 is 0 Å². The average Bonchev–Trinajstić information content (AvgIpc) is 3.09. The minimum Gasteiger partial charge on any atom is -0.340 e. The van der Waals surface area contributed by atoms with Crippen LogP contribution in [-0.4, -0.2) is 4.98 Å². The number of hydrogen-bond acceptors (Lipinski definition) is 2. The number of anilines is 2. The van der Waals surface area contributed by atoms with Crippen molar-refractivity contribution in [2.45, 2.75) is 18.3 Å². The first-order valence-corrected chi connectivity index (χ1v) is 5.74. The summed E-state index contributed by atoms with van der Waals surface area (Å²) in [5, 5.41) is 3.45. The van der Waals surface area contributed by atoms with Gasteiger partial charge in [-0.25, -0.2) is 4.98 Å². The molecular formula is C14H12N2. The van der Waals surface area contributed by atoms with E-state index in [1.807, 2.05) is 12.3 Å². The van der Waals surface area contributed by atoms with Crippen LogP contribution in [0.25, 0.3) is 0 Å². The van der Waals surface area contributed by atoms with Crippen LogP contribution in [0.3, 0.4) is 0 Å². The van der Waals surface area contributed by atoms with E-state index < -0.39 is 0 Å². The van der Waals surface area contributed by atoms with Crippen molar-refractivity contribution in [2.75, 3.05) is 5.32 Å². The molecular weight excluding hydrogens is 196 g/mol. The van der Waals surface area contributed by atoms with E-state index in [9.17, 15) is 0 Å². The van der Waals surface area contributed by atoms with Gasteiger partial charge in [-0.1, -0.05) is 24.3 Å². The minimum atomic E-state index is 0.680. The van der Waals surface area contributed by atoms with E-state index in [1.54, 1.807) is 0 Å². The summed E-state index contributed by atoms with van der Waals surface area (Å²) in [5.74, 6) is 2.42.